The summed E-state index contributed by atoms with van der Waals surface area (Å²) in [6.07, 6.45) is 1.80. The third kappa shape index (κ3) is 3.90. The van der Waals surface area contributed by atoms with Gasteiger partial charge < -0.3 is 14.7 Å². The van der Waals surface area contributed by atoms with Crippen LogP contribution >= 0.6 is 23.5 Å². The van der Waals surface area contributed by atoms with Crippen LogP contribution in [0.2, 0.25) is 0 Å². The zero-order valence-electron chi connectivity index (χ0n) is 14.5. The highest BCUT2D eigenvalue weighted by molar-refractivity contribution is 8.14. The minimum Gasteiger partial charge on any atom is -0.411 e. The molecule has 9 nitrogen and oxygen atoms in total. The van der Waals surface area contributed by atoms with Crippen LogP contribution in [0, 0.1) is 0 Å². The van der Waals surface area contributed by atoms with Gasteiger partial charge >= 0.3 is 0 Å². The number of carbonyl (C=O) groups is 3. The topological polar surface area (TPSA) is 121 Å². The van der Waals surface area contributed by atoms with Crippen LogP contribution in [0.15, 0.2) is 40.1 Å². The highest BCUT2D eigenvalue weighted by Crippen LogP contribution is 2.29. The summed E-state index contributed by atoms with van der Waals surface area (Å²) in [4.78, 5) is 39.2. The first-order valence-electron chi connectivity index (χ1n) is 8.38. The second kappa shape index (κ2) is 8.07. The third-order valence-electron chi connectivity index (χ3n) is 4.05. The van der Waals surface area contributed by atoms with Crippen LogP contribution in [0.25, 0.3) is 22.4 Å². The van der Waals surface area contributed by atoms with E-state index in [0.29, 0.717) is 5.89 Å². The van der Waals surface area contributed by atoms with Gasteiger partial charge in [0.05, 0.1) is 17.1 Å². The van der Waals surface area contributed by atoms with Crippen molar-refractivity contribution in [2.75, 3.05) is 24.6 Å². The van der Waals surface area contributed by atoms with Gasteiger partial charge in [0.2, 0.25) is 11.8 Å². The number of imide groups is 1. The summed E-state index contributed by atoms with van der Waals surface area (Å²) in [5, 5.41) is 11.7. The molecule has 3 aromatic rings. The number of nitrogens with one attached hydrogen (secondary N) is 2. The van der Waals surface area contributed by atoms with E-state index in [1.807, 2.05) is 24.3 Å². The van der Waals surface area contributed by atoms with Crippen LogP contribution in [0.1, 0.15) is 0 Å². The number of rotatable bonds is 7. The molecule has 0 bridgehead atoms. The predicted octanol–water partition coefficient (Wildman–Crippen LogP) is 2.12. The summed E-state index contributed by atoms with van der Waals surface area (Å²) >= 11 is 2.09. The quantitative estimate of drug-likeness (QED) is 0.561. The third-order valence-corrected chi connectivity index (χ3v) is 5.73. The molecule has 1 aliphatic heterocycles. The van der Waals surface area contributed by atoms with Crippen LogP contribution in [0.3, 0.4) is 0 Å². The van der Waals surface area contributed by atoms with Crippen LogP contribution < -0.4 is 5.32 Å². The van der Waals surface area contributed by atoms with Gasteiger partial charge in [-0.1, -0.05) is 41.7 Å². The fourth-order valence-corrected chi connectivity index (χ4v) is 4.05. The molecule has 1 saturated heterocycles. The van der Waals surface area contributed by atoms with Gasteiger partial charge in [-0.2, -0.15) is 0 Å². The van der Waals surface area contributed by atoms with Crippen molar-refractivity contribution in [3.8, 4) is 11.5 Å². The molecule has 2 N–H and O–H groups in total. The van der Waals surface area contributed by atoms with E-state index in [1.165, 1.54) is 0 Å². The molecule has 0 aliphatic carbocycles. The average Bonchev–Trinajstić information content (AvgIpc) is 3.40. The molecule has 1 fully saturated rings. The Morgan fingerprint density at radius 1 is 1.32 bits per heavy atom. The van der Waals surface area contributed by atoms with Gasteiger partial charge in [0.15, 0.2) is 0 Å². The predicted molar refractivity (Wildman–Crippen MR) is 105 cm³/mol. The molecule has 28 heavy (non-hydrogen) atoms. The number of carbonyl (C=O) groups excluding carboxylic acids is 3. The molecular formula is C17H15N5O4S2. The summed E-state index contributed by atoms with van der Waals surface area (Å²) in [7, 11) is 0. The first-order chi connectivity index (χ1) is 13.6. The lowest BCUT2D eigenvalue weighted by Gasteiger charge is -2.12. The number of nitrogens with zero attached hydrogens (tertiary/aromatic N) is 3. The van der Waals surface area contributed by atoms with Crippen LogP contribution in [0.5, 0.6) is 0 Å². The average molecular weight is 417 g/mol. The molecule has 3 amide bonds. The molecule has 1 aromatic carbocycles. The Morgan fingerprint density at radius 3 is 3.00 bits per heavy atom. The summed E-state index contributed by atoms with van der Waals surface area (Å²) in [6, 6.07) is 7.78. The maximum Gasteiger partial charge on any atom is 0.288 e. The van der Waals surface area contributed by atoms with Gasteiger partial charge in [-0.25, -0.2) is 0 Å². The lowest BCUT2D eigenvalue weighted by Crippen LogP contribution is -2.38. The molecule has 0 spiro atoms. The second-order valence-electron chi connectivity index (χ2n) is 5.86. The van der Waals surface area contributed by atoms with Gasteiger partial charge in [-0.05, 0) is 6.07 Å². The Balaban J connectivity index is 1.28. The van der Waals surface area contributed by atoms with Crippen LogP contribution in [-0.4, -0.2) is 61.7 Å². The summed E-state index contributed by atoms with van der Waals surface area (Å²) in [5.41, 5.74) is 1.77. The summed E-state index contributed by atoms with van der Waals surface area (Å²) in [5.74, 6) is 0.159. The van der Waals surface area contributed by atoms with E-state index in [-0.39, 0.29) is 46.9 Å². The van der Waals surface area contributed by atoms with Crippen molar-refractivity contribution in [1.82, 2.24) is 25.4 Å². The van der Waals surface area contributed by atoms with Gasteiger partial charge in [0, 0.05) is 30.2 Å². The number of thioether (sulfide) groups is 2. The lowest BCUT2D eigenvalue weighted by molar-refractivity contribution is -0.125. The van der Waals surface area contributed by atoms with E-state index >= 15 is 0 Å². The number of H-pyrrole nitrogens is 1. The summed E-state index contributed by atoms with van der Waals surface area (Å²) < 4.78 is 5.64. The molecule has 3 heterocycles. The van der Waals surface area contributed by atoms with E-state index in [4.69, 9.17) is 4.42 Å². The molecule has 0 saturated carbocycles. The first-order valence-corrected chi connectivity index (χ1v) is 10.4. The van der Waals surface area contributed by atoms with Crippen molar-refractivity contribution in [2.45, 2.75) is 5.22 Å². The monoisotopic (exact) mass is 417 g/mol. The Kier molecular flexibility index (Phi) is 5.35. The Labute approximate surface area is 167 Å². The van der Waals surface area contributed by atoms with E-state index in [9.17, 15) is 14.4 Å². The van der Waals surface area contributed by atoms with Crippen molar-refractivity contribution >= 4 is 51.5 Å². The number of fused-ring (bicyclic) bond motifs is 1. The first kappa shape index (κ1) is 18.6. The van der Waals surface area contributed by atoms with E-state index in [0.717, 1.165) is 44.9 Å². The van der Waals surface area contributed by atoms with Crippen molar-refractivity contribution in [1.29, 1.82) is 0 Å². The number of benzene rings is 1. The maximum absolute atomic E-state index is 11.9. The SMILES string of the molecule is O=C(CSc1nnc(-c2c[nH]c3ccccc23)o1)NCCN1C(=O)CSC1=O. The molecular weight excluding hydrogens is 402 g/mol. The lowest BCUT2D eigenvalue weighted by atomic mass is 10.2. The molecule has 2 aromatic heterocycles. The number of para-hydroxylation sites is 1. The standard InChI is InChI=1S/C17H15N5O4S2/c23-13(18-5-6-22-14(24)9-28-17(22)25)8-27-16-21-20-15(26-16)11-7-19-12-4-2-1-3-10(11)12/h1-4,7,19H,5-6,8-9H2,(H,18,23). The normalized spacial score (nSPS) is 14.2. The smallest absolute Gasteiger partial charge is 0.288 e. The number of aromatic amines is 1. The second-order valence-corrected chi connectivity index (χ2v) is 7.71. The van der Waals surface area contributed by atoms with E-state index in [1.54, 1.807) is 6.20 Å². The number of hydrogen-bond donors (Lipinski definition) is 2. The highest BCUT2D eigenvalue weighted by atomic mass is 32.2. The number of amides is 3. The van der Waals surface area contributed by atoms with Crippen molar-refractivity contribution in [2.24, 2.45) is 0 Å². The number of aromatic nitrogens is 3. The Hall–Kier alpha value is -2.79. The molecule has 11 heteroatoms. The van der Waals surface area contributed by atoms with Crippen LogP contribution in [-0.2, 0) is 9.59 Å². The van der Waals surface area contributed by atoms with Gasteiger partial charge in [-0.15, -0.1) is 10.2 Å². The van der Waals surface area contributed by atoms with Crippen LogP contribution in [0.4, 0.5) is 4.79 Å². The fourth-order valence-electron chi connectivity index (χ4n) is 2.71. The van der Waals surface area contributed by atoms with Crippen molar-refractivity contribution in [3.63, 3.8) is 0 Å². The molecule has 0 atom stereocenters. The molecule has 0 radical (unpaired) electrons. The molecule has 4 rings (SSSR count). The minimum absolute atomic E-state index is 0.0894. The van der Waals surface area contributed by atoms with Crippen molar-refractivity contribution < 1.29 is 18.8 Å². The maximum atomic E-state index is 11.9. The van der Waals surface area contributed by atoms with E-state index < -0.39 is 0 Å². The Morgan fingerprint density at radius 2 is 2.18 bits per heavy atom. The molecule has 0 unspecified atom stereocenters. The Bertz CT molecular complexity index is 1030. The molecule has 144 valence electrons. The fraction of sp³-hybridized carbons (Fsp3) is 0.235. The van der Waals surface area contributed by atoms with Gasteiger partial charge in [0.25, 0.3) is 16.4 Å². The largest absolute Gasteiger partial charge is 0.411 e. The minimum atomic E-state index is -0.274. The summed E-state index contributed by atoms with van der Waals surface area (Å²) in [6.45, 7) is 0.383. The molecule has 1 aliphatic rings. The van der Waals surface area contributed by atoms with E-state index in [2.05, 4.69) is 20.5 Å². The van der Waals surface area contributed by atoms with Crippen molar-refractivity contribution in [3.05, 3.63) is 30.5 Å². The number of hydrogen-bond acceptors (Lipinski definition) is 8. The highest BCUT2D eigenvalue weighted by Gasteiger charge is 2.29. The van der Waals surface area contributed by atoms with Gasteiger partial charge in [-0.3, -0.25) is 19.3 Å². The zero-order valence-corrected chi connectivity index (χ0v) is 16.1. The zero-order chi connectivity index (χ0) is 19.5. The van der Waals surface area contributed by atoms with Gasteiger partial charge in [0.1, 0.15) is 0 Å².